The van der Waals surface area contributed by atoms with Crippen LogP contribution in [0.4, 0.5) is 41.6 Å². The molecule has 2 aliphatic heterocycles. The van der Waals surface area contributed by atoms with Crippen LogP contribution >= 0.6 is 23.1 Å². The molecule has 0 saturated carbocycles. The number of alkyl halides is 6. The molecule has 0 aliphatic carbocycles. The molecule has 1 unspecified atom stereocenters. The first-order valence-corrected chi connectivity index (χ1v) is 17.0. The van der Waals surface area contributed by atoms with Crippen molar-refractivity contribution in [3.05, 3.63) is 58.3 Å². The van der Waals surface area contributed by atoms with Crippen LogP contribution in [0.25, 0.3) is 32.1 Å². The van der Waals surface area contributed by atoms with E-state index in [0.29, 0.717) is 11.3 Å². The quantitative estimate of drug-likeness (QED) is 0.186. The van der Waals surface area contributed by atoms with Gasteiger partial charge in [-0.25, -0.2) is 9.18 Å². The minimum absolute atomic E-state index is 0.00611. The van der Waals surface area contributed by atoms with E-state index in [1.165, 1.54) is 0 Å². The molecule has 0 radical (unpaired) electrons. The Balaban J connectivity index is 1.68. The van der Waals surface area contributed by atoms with Crippen LogP contribution in [0.1, 0.15) is 25.0 Å². The maximum atomic E-state index is 15.3. The highest BCUT2D eigenvalue weighted by atomic mass is 32.2. The second-order valence-electron chi connectivity index (χ2n) is 12.2. The fourth-order valence-electron chi connectivity index (χ4n) is 6.82. The number of hydrogen-bond acceptors (Lipinski definition) is 9. The highest BCUT2D eigenvalue weighted by Crippen LogP contribution is 2.51. The lowest BCUT2D eigenvalue weighted by molar-refractivity contribution is -0.137. The van der Waals surface area contributed by atoms with Gasteiger partial charge in [0.05, 0.1) is 27.9 Å². The number of aromatic nitrogens is 2. The van der Waals surface area contributed by atoms with Crippen molar-refractivity contribution in [2.75, 3.05) is 36.0 Å². The number of nitrogens with zero attached hydrogens (tertiary/aromatic N) is 5. The van der Waals surface area contributed by atoms with E-state index in [1.807, 2.05) is 6.07 Å². The molecular weight excluding hydrogens is 712 g/mol. The number of hydrogen-bond donors (Lipinski definition) is 2. The lowest BCUT2D eigenvalue weighted by Gasteiger charge is -2.44. The van der Waals surface area contributed by atoms with Crippen molar-refractivity contribution in [3.63, 3.8) is 0 Å². The fraction of sp³-hybridized carbons (Fsp3) is 0.375. The van der Waals surface area contributed by atoms with Gasteiger partial charge in [-0.1, -0.05) is 12.6 Å². The molecule has 0 bridgehead atoms. The molecule has 2 aromatic heterocycles. The normalized spacial score (nSPS) is 19.9. The van der Waals surface area contributed by atoms with Crippen molar-refractivity contribution in [2.24, 2.45) is 0 Å². The standard InChI is InChI=1S/C32H28F7N7O2S2/c1-4-22(47)46-14(2)9-44(10-15(46)3)29-18-7-20(32(37,38)39)24(17-5-6-21(33)26-23(17)19(8-40)28(41)50-26)27-25(18)45(30(48)43-29)11-16(12-49-27)42-13-31(34,35)36/h4-7,14-16,42H,1,9-13,41H2,2-3H3/t14-,15+,16?. The fourth-order valence-corrected chi connectivity index (χ4v) is 9.08. The van der Waals surface area contributed by atoms with Crippen LogP contribution < -0.4 is 21.6 Å². The number of amides is 1. The summed E-state index contributed by atoms with van der Waals surface area (Å²) >= 11 is 1.51. The van der Waals surface area contributed by atoms with Gasteiger partial charge in [0, 0.05) is 64.7 Å². The number of benzene rings is 2. The van der Waals surface area contributed by atoms with E-state index in [0.717, 1.165) is 40.6 Å². The van der Waals surface area contributed by atoms with Gasteiger partial charge in [0.25, 0.3) is 0 Å². The molecule has 18 heteroatoms. The average molecular weight is 740 g/mol. The number of thiophene rings is 1. The third kappa shape index (κ3) is 6.15. The second-order valence-corrected chi connectivity index (χ2v) is 14.2. The zero-order valence-corrected chi connectivity index (χ0v) is 28.0. The SMILES string of the molecule is C=CC(=O)N1[C@H](C)CN(c2nc(=O)n3c4c(c(-c5ccc(F)c6sc(N)c(C#N)c56)c(C(F)(F)F)cc24)SCC(NCC(F)(F)F)C3)C[C@@H]1C. The first-order chi connectivity index (χ1) is 23.4. The van der Waals surface area contributed by atoms with Gasteiger partial charge < -0.3 is 20.9 Å². The Morgan fingerprint density at radius 1 is 1.18 bits per heavy atom. The van der Waals surface area contributed by atoms with E-state index in [9.17, 15) is 28.0 Å². The number of piperazine rings is 1. The van der Waals surface area contributed by atoms with E-state index in [-0.39, 0.29) is 79.1 Å². The third-order valence-electron chi connectivity index (χ3n) is 8.77. The van der Waals surface area contributed by atoms with Crippen molar-refractivity contribution in [1.82, 2.24) is 19.8 Å². The van der Waals surface area contributed by atoms with E-state index in [4.69, 9.17) is 5.73 Å². The molecule has 1 saturated heterocycles. The summed E-state index contributed by atoms with van der Waals surface area (Å²) < 4.78 is 102. The smallest absolute Gasteiger partial charge is 0.389 e. The van der Waals surface area contributed by atoms with E-state index in [2.05, 4.69) is 16.9 Å². The number of nitrogens with two attached hydrogens (primary N) is 1. The Hall–Kier alpha value is -4.34. The van der Waals surface area contributed by atoms with Gasteiger partial charge in [0.2, 0.25) is 5.91 Å². The highest BCUT2D eigenvalue weighted by Gasteiger charge is 2.41. The van der Waals surface area contributed by atoms with Crippen LogP contribution in [0.3, 0.4) is 0 Å². The number of thioether (sulfide) groups is 1. The summed E-state index contributed by atoms with van der Waals surface area (Å²) in [5.41, 5.74) is 3.02. The number of rotatable bonds is 5. The topological polar surface area (TPSA) is 120 Å². The Labute approximate surface area is 288 Å². The molecule has 3 atom stereocenters. The van der Waals surface area contributed by atoms with Gasteiger partial charge in [-0.15, -0.1) is 23.1 Å². The number of nitrogens with one attached hydrogen (secondary N) is 1. The highest BCUT2D eigenvalue weighted by molar-refractivity contribution is 7.99. The molecule has 4 aromatic rings. The Bertz CT molecular complexity index is 2140. The maximum absolute atomic E-state index is 15.3. The third-order valence-corrected chi connectivity index (χ3v) is 11.1. The maximum Gasteiger partial charge on any atom is 0.417 e. The molecule has 0 spiro atoms. The predicted molar refractivity (Wildman–Crippen MR) is 178 cm³/mol. The number of fused-ring (bicyclic) bond motifs is 1. The van der Waals surface area contributed by atoms with E-state index < -0.39 is 59.7 Å². The first kappa shape index (κ1) is 35.5. The molecule has 3 N–H and O–H groups in total. The predicted octanol–water partition coefficient (Wildman–Crippen LogP) is 6.13. The summed E-state index contributed by atoms with van der Waals surface area (Å²) in [7, 11) is 0. The average Bonchev–Trinajstić information content (AvgIpc) is 3.25. The Morgan fingerprint density at radius 2 is 1.86 bits per heavy atom. The minimum Gasteiger partial charge on any atom is -0.389 e. The number of nitrogen functional groups attached to an aromatic ring is 1. The molecular formula is C32H28F7N7O2S2. The molecule has 264 valence electrons. The number of carbonyl (C=O) groups excluding carboxylic acids is 1. The van der Waals surface area contributed by atoms with Crippen LogP contribution in [0.15, 0.2) is 40.5 Å². The minimum atomic E-state index is -5.05. The lowest BCUT2D eigenvalue weighted by Crippen LogP contribution is -2.58. The van der Waals surface area contributed by atoms with Crippen molar-refractivity contribution < 1.29 is 35.5 Å². The monoisotopic (exact) mass is 739 g/mol. The molecule has 50 heavy (non-hydrogen) atoms. The Kier molecular flexibility index (Phi) is 9.06. The molecule has 2 aromatic carbocycles. The van der Waals surface area contributed by atoms with Crippen molar-refractivity contribution in [1.29, 1.82) is 5.26 Å². The largest absolute Gasteiger partial charge is 0.417 e. The van der Waals surface area contributed by atoms with Crippen LogP contribution in [0.2, 0.25) is 0 Å². The zero-order chi connectivity index (χ0) is 36.4. The molecule has 4 heterocycles. The summed E-state index contributed by atoms with van der Waals surface area (Å²) in [6.45, 7) is 5.41. The molecule has 1 fully saturated rings. The van der Waals surface area contributed by atoms with Crippen molar-refractivity contribution in [3.8, 4) is 17.2 Å². The Morgan fingerprint density at radius 3 is 2.46 bits per heavy atom. The van der Waals surface area contributed by atoms with E-state index in [1.54, 1.807) is 23.6 Å². The first-order valence-electron chi connectivity index (χ1n) is 15.2. The van der Waals surface area contributed by atoms with Crippen LogP contribution in [0, 0.1) is 17.1 Å². The molecule has 2 aliphatic rings. The molecule has 1 amide bonds. The zero-order valence-electron chi connectivity index (χ0n) is 26.4. The lowest BCUT2D eigenvalue weighted by atomic mass is 9.92. The summed E-state index contributed by atoms with van der Waals surface area (Å²) in [5, 5.41) is 11.9. The summed E-state index contributed by atoms with van der Waals surface area (Å²) in [4.78, 5) is 33.7. The second kappa shape index (κ2) is 12.8. The van der Waals surface area contributed by atoms with Crippen LogP contribution in [-0.4, -0.2) is 70.0 Å². The van der Waals surface area contributed by atoms with E-state index >= 15 is 17.6 Å². The molecule has 9 nitrogen and oxygen atoms in total. The van der Waals surface area contributed by atoms with Gasteiger partial charge in [0.15, 0.2) is 0 Å². The number of halogens is 7. The molecule has 6 rings (SSSR count). The number of anilines is 2. The number of nitriles is 1. The summed E-state index contributed by atoms with van der Waals surface area (Å²) in [6, 6.07) is 2.79. The van der Waals surface area contributed by atoms with Crippen LogP contribution in [0.5, 0.6) is 0 Å². The summed E-state index contributed by atoms with van der Waals surface area (Å²) in [5.74, 6) is -1.44. The van der Waals surface area contributed by atoms with Gasteiger partial charge in [0.1, 0.15) is 22.7 Å². The van der Waals surface area contributed by atoms with Crippen molar-refractivity contribution in [2.45, 2.75) is 55.8 Å². The van der Waals surface area contributed by atoms with Gasteiger partial charge >= 0.3 is 18.0 Å². The number of carbonyl (C=O) groups is 1. The van der Waals surface area contributed by atoms with Crippen LogP contribution in [-0.2, 0) is 17.5 Å². The van der Waals surface area contributed by atoms with Gasteiger partial charge in [-0.2, -0.15) is 36.6 Å². The van der Waals surface area contributed by atoms with Gasteiger partial charge in [-0.05, 0) is 37.6 Å². The van der Waals surface area contributed by atoms with Crippen molar-refractivity contribution >= 4 is 60.8 Å². The van der Waals surface area contributed by atoms with Gasteiger partial charge in [-0.3, -0.25) is 9.36 Å². The summed E-state index contributed by atoms with van der Waals surface area (Å²) in [6.07, 6.45) is -8.51.